The van der Waals surface area contributed by atoms with Crippen LogP contribution in [0.25, 0.3) is 10.8 Å². The predicted molar refractivity (Wildman–Crippen MR) is 185 cm³/mol. The summed E-state index contributed by atoms with van der Waals surface area (Å²) in [5.74, 6) is -1.93. The number of nitrogens with one attached hydrogen (secondary N) is 3. The van der Waals surface area contributed by atoms with Gasteiger partial charge in [-0.15, -0.1) is 0 Å². The molecule has 0 aliphatic carbocycles. The molecule has 1 fully saturated rings. The van der Waals surface area contributed by atoms with Gasteiger partial charge in [-0.1, -0.05) is 63.3 Å². The Balaban J connectivity index is 1.57. The second-order valence-electron chi connectivity index (χ2n) is 14.4. The van der Waals surface area contributed by atoms with Crippen LogP contribution in [0.4, 0.5) is 0 Å². The highest BCUT2D eigenvalue weighted by molar-refractivity contribution is 7.89. The molecule has 4 unspecified atom stereocenters. The van der Waals surface area contributed by atoms with Crippen molar-refractivity contribution < 1.29 is 32.0 Å². The summed E-state index contributed by atoms with van der Waals surface area (Å²) in [4.78, 5) is 56.1. The van der Waals surface area contributed by atoms with Gasteiger partial charge in [0.2, 0.25) is 27.7 Å². The zero-order valence-corrected chi connectivity index (χ0v) is 30.4. The topological polar surface area (TPSA) is 151 Å². The minimum absolute atomic E-state index is 0.0752. The number of carbonyl (C=O) groups excluding carboxylic acids is 4. The summed E-state index contributed by atoms with van der Waals surface area (Å²) in [6, 6.07) is 10.3. The van der Waals surface area contributed by atoms with Crippen molar-refractivity contribution in [2.45, 2.75) is 108 Å². The van der Waals surface area contributed by atoms with Crippen molar-refractivity contribution in [1.29, 1.82) is 0 Å². The molecule has 3 N–H and O–H groups in total. The van der Waals surface area contributed by atoms with Crippen LogP contribution in [0.3, 0.4) is 0 Å². The Hall–Kier alpha value is -3.55. The summed E-state index contributed by atoms with van der Waals surface area (Å²) in [6.45, 7) is 9.71. The van der Waals surface area contributed by atoms with Crippen molar-refractivity contribution >= 4 is 54.2 Å². The van der Waals surface area contributed by atoms with Gasteiger partial charge >= 0.3 is 0 Å². The van der Waals surface area contributed by atoms with Gasteiger partial charge < -0.3 is 20.0 Å². The molecule has 47 heavy (non-hydrogen) atoms. The molecule has 256 valence electrons. The van der Waals surface area contributed by atoms with E-state index in [1.165, 1.54) is 0 Å². The number of benzene rings is 2. The van der Waals surface area contributed by atoms with E-state index in [9.17, 15) is 27.6 Å². The third-order valence-corrected chi connectivity index (χ3v) is 10.9. The Morgan fingerprint density at radius 1 is 1.00 bits per heavy atom. The molecular weight excluding hydrogens is 637 g/mol. The number of piperidine rings is 1. The van der Waals surface area contributed by atoms with Crippen LogP contribution < -0.4 is 15.4 Å². The number of sulfonamides is 1. The lowest BCUT2D eigenvalue weighted by atomic mass is 9.89. The Bertz CT molecular complexity index is 1640. The van der Waals surface area contributed by atoms with Gasteiger partial charge in [0.05, 0.1) is 24.3 Å². The smallest absolute Gasteiger partial charge is 0.251 e. The second-order valence-corrected chi connectivity index (χ2v) is 18.8. The Labute approximate surface area is 280 Å². The lowest BCUT2D eigenvalue weighted by molar-refractivity contribution is -0.148. The zero-order chi connectivity index (χ0) is 34.6. The standard InChI is InChI=1S/C34H48N4O7SSi/c1-33(2,3)47-45-34(4,5)28(21-29(39)37-46(6,43)44)36-31(41)27-17-11-15-25-14-9-10-16-26(32(42)38(25)27)35-30(40)24-19-18-22-12-7-8-13-23(22)20-24/h7-10,12-13,18-20,25-28H,11,14-17,21,47H2,1-6H3,(H,35,40)(H,36,41)(H,37,39). The van der Waals surface area contributed by atoms with Crippen molar-refractivity contribution in [2.75, 3.05) is 6.26 Å². The van der Waals surface area contributed by atoms with E-state index in [1.54, 1.807) is 30.9 Å². The molecule has 2 heterocycles. The minimum atomic E-state index is -3.81. The highest BCUT2D eigenvalue weighted by Crippen LogP contribution is 2.30. The molecule has 0 aromatic heterocycles. The van der Waals surface area contributed by atoms with Gasteiger partial charge in [-0.05, 0) is 73.9 Å². The van der Waals surface area contributed by atoms with E-state index < -0.39 is 55.3 Å². The van der Waals surface area contributed by atoms with Crippen molar-refractivity contribution in [3.05, 3.63) is 60.2 Å². The number of rotatable bonds is 10. The van der Waals surface area contributed by atoms with Gasteiger partial charge in [0, 0.05) is 11.6 Å². The fourth-order valence-corrected chi connectivity index (χ4v) is 7.54. The molecule has 2 aromatic rings. The molecule has 0 spiro atoms. The van der Waals surface area contributed by atoms with Crippen molar-refractivity contribution in [3.63, 3.8) is 0 Å². The first-order valence-electron chi connectivity index (χ1n) is 16.2. The summed E-state index contributed by atoms with van der Waals surface area (Å²) in [6.07, 6.45) is 7.14. The molecule has 2 aromatic carbocycles. The molecule has 4 rings (SSSR count). The largest absolute Gasteiger partial charge is 0.416 e. The number of carbonyl (C=O) groups is 4. The van der Waals surface area contributed by atoms with Crippen LogP contribution in [0.15, 0.2) is 54.6 Å². The van der Waals surface area contributed by atoms with Gasteiger partial charge in [0.25, 0.3) is 5.91 Å². The summed E-state index contributed by atoms with van der Waals surface area (Å²) >= 11 is 0. The number of amides is 4. The Morgan fingerprint density at radius 2 is 1.68 bits per heavy atom. The van der Waals surface area contributed by atoms with Crippen LogP contribution >= 0.6 is 0 Å². The normalized spacial score (nSPS) is 21.5. The van der Waals surface area contributed by atoms with Crippen LogP contribution in [0, 0.1) is 0 Å². The van der Waals surface area contributed by atoms with Gasteiger partial charge in [-0.3, -0.25) is 23.9 Å². The first kappa shape index (κ1) is 36.3. The average Bonchev–Trinajstić information content (AvgIpc) is 2.98. The monoisotopic (exact) mass is 684 g/mol. The molecule has 2 aliphatic heterocycles. The Kier molecular flexibility index (Phi) is 11.3. The lowest BCUT2D eigenvalue weighted by Crippen LogP contribution is -2.63. The molecule has 1 saturated heterocycles. The van der Waals surface area contributed by atoms with Crippen LogP contribution in [0.1, 0.15) is 83.5 Å². The molecule has 0 radical (unpaired) electrons. The first-order valence-corrected chi connectivity index (χ1v) is 19.3. The minimum Gasteiger partial charge on any atom is -0.416 e. The molecular formula is C34H48N4O7SSi. The lowest BCUT2D eigenvalue weighted by Gasteiger charge is -2.44. The molecule has 4 amide bonds. The number of nitrogens with zero attached hydrogens (tertiary/aromatic N) is 1. The summed E-state index contributed by atoms with van der Waals surface area (Å²) in [5, 5.41) is 7.72. The predicted octanol–water partition coefficient (Wildman–Crippen LogP) is 3.09. The Morgan fingerprint density at radius 3 is 2.36 bits per heavy atom. The molecule has 4 atom stereocenters. The maximum atomic E-state index is 14.2. The van der Waals surface area contributed by atoms with E-state index in [0.717, 1.165) is 17.0 Å². The first-order chi connectivity index (χ1) is 21.9. The number of hydrogen-bond acceptors (Lipinski definition) is 7. The van der Waals surface area contributed by atoms with Crippen LogP contribution in [0.5, 0.6) is 0 Å². The van der Waals surface area contributed by atoms with Crippen molar-refractivity contribution in [1.82, 2.24) is 20.3 Å². The average molecular weight is 685 g/mol. The molecule has 2 aliphatic rings. The van der Waals surface area contributed by atoms with E-state index >= 15 is 0 Å². The van der Waals surface area contributed by atoms with Gasteiger partial charge in [-0.25, -0.2) is 8.42 Å². The second kappa shape index (κ2) is 14.7. The highest BCUT2D eigenvalue weighted by Gasteiger charge is 2.43. The third-order valence-electron chi connectivity index (χ3n) is 8.58. The molecule has 0 bridgehead atoms. The van der Waals surface area contributed by atoms with Gasteiger partial charge in [0.1, 0.15) is 12.1 Å². The van der Waals surface area contributed by atoms with Gasteiger partial charge in [0.15, 0.2) is 9.76 Å². The highest BCUT2D eigenvalue weighted by atomic mass is 32.2. The number of hydrogen-bond donors (Lipinski definition) is 3. The van der Waals surface area contributed by atoms with E-state index in [0.29, 0.717) is 31.2 Å². The maximum Gasteiger partial charge on any atom is 0.251 e. The van der Waals surface area contributed by atoms with Crippen LogP contribution in [-0.4, -0.2) is 82.7 Å². The summed E-state index contributed by atoms with van der Waals surface area (Å²) in [7, 11) is -4.94. The third kappa shape index (κ3) is 9.97. The van der Waals surface area contributed by atoms with Crippen molar-refractivity contribution in [2.24, 2.45) is 0 Å². The summed E-state index contributed by atoms with van der Waals surface area (Å²) < 4.78 is 31.9. The molecule has 11 nitrogen and oxygen atoms in total. The van der Waals surface area contributed by atoms with E-state index in [4.69, 9.17) is 4.43 Å². The fourth-order valence-electron chi connectivity index (χ4n) is 6.04. The molecule has 0 saturated carbocycles. The molecule has 13 heteroatoms. The van der Waals surface area contributed by atoms with Crippen LogP contribution in [-0.2, 0) is 28.8 Å². The quantitative estimate of drug-likeness (QED) is 0.257. The van der Waals surface area contributed by atoms with Gasteiger partial charge in [-0.2, -0.15) is 0 Å². The fraction of sp³-hybridized carbons (Fsp3) is 0.529. The van der Waals surface area contributed by atoms with Crippen LogP contribution in [0.2, 0.25) is 5.04 Å². The van der Waals surface area contributed by atoms with E-state index in [-0.39, 0.29) is 35.7 Å². The zero-order valence-electron chi connectivity index (χ0n) is 28.2. The number of fused-ring (bicyclic) bond motifs is 2. The summed E-state index contributed by atoms with van der Waals surface area (Å²) in [5.41, 5.74) is -0.569. The van der Waals surface area contributed by atoms with E-state index in [1.807, 2.05) is 47.2 Å². The van der Waals surface area contributed by atoms with E-state index in [2.05, 4.69) is 31.4 Å². The van der Waals surface area contributed by atoms with Crippen molar-refractivity contribution in [3.8, 4) is 0 Å². The SMILES string of the molecule is CC(C)(C)[SiH2]OC(C)(C)C(CC(=O)NS(C)(=O)=O)NC(=O)C1CCCC2CC=CCC(NC(=O)c3ccc4ccccc4c3)C(=O)N21. The maximum absolute atomic E-state index is 14.2.